The standard InChI is InChI=1S/C11H12N2O2/c1-4-12-11(13(12)5-1)8-2-3-9-10(6-8)15-7-14-9/h2-3,6,11H,1,4-5,7H2. The highest BCUT2D eigenvalue weighted by Crippen LogP contribution is 2.47. The molecule has 0 amide bonds. The fourth-order valence-electron chi connectivity index (χ4n) is 2.56. The van der Waals surface area contributed by atoms with Gasteiger partial charge in [0.25, 0.3) is 0 Å². The van der Waals surface area contributed by atoms with Gasteiger partial charge in [-0.25, -0.2) is 10.0 Å². The van der Waals surface area contributed by atoms with Gasteiger partial charge in [0.05, 0.1) is 0 Å². The van der Waals surface area contributed by atoms with Crippen LogP contribution in [-0.4, -0.2) is 29.9 Å². The van der Waals surface area contributed by atoms with Crippen LogP contribution in [0.15, 0.2) is 18.2 Å². The lowest BCUT2D eigenvalue weighted by Gasteiger charge is -2.02. The van der Waals surface area contributed by atoms with Crippen LogP contribution in [0, 0.1) is 0 Å². The molecule has 78 valence electrons. The lowest BCUT2D eigenvalue weighted by atomic mass is 10.1. The lowest BCUT2D eigenvalue weighted by molar-refractivity contribution is 0.174. The third kappa shape index (κ3) is 1.03. The van der Waals surface area contributed by atoms with Crippen molar-refractivity contribution in [2.24, 2.45) is 0 Å². The molecule has 2 fully saturated rings. The molecule has 0 aliphatic carbocycles. The Hall–Kier alpha value is -1.26. The number of rotatable bonds is 1. The molecule has 4 rings (SSSR count). The first-order valence-electron chi connectivity index (χ1n) is 5.36. The summed E-state index contributed by atoms with van der Waals surface area (Å²) in [7, 11) is 0. The molecule has 15 heavy (non-hydrogen) atoms. The van der Waals surface area contributed by atoms with Crippen LogP contribution in [0.5, 0.6) is 11.5 Å². The fraction of sp³-hybridized carbons (Fsp3) is 0.455. The number of benzene rings is 1. The average Bonchev–Trinajstić information content (AvgIpc) is 2.73. The molecule has 1 aromatic rings. The molecule has 2 atom stereocenters. The monoisotopic (exact) mass is 204 g/mol. The first-order chi connectivity index (χ1) is 7.43. The zero-order chi connectivity index (χ0) is 9.83. The number of hydrogen-bond acceptors (Lipinski definition) is 4. The van der Waals surface area contributed by atoms with Crippen molar-refractivity contribution in [1.82, 2.24) is 10.0 Å². The second-order valence-electron chi connectivity index (χ2n) is 4.17. The van der Waals surface area contributed by atoms with E-state index in [-0.39, 0.29) is 0 Å². The van der Waals surface area contributed by atoms with Gasteiger partial charge in [0.15, 0.2) is 11.5 Å². The van der Waals surface area contributed by atoms with Crippen molar-refractivity contribution in [2.45, 2.75) is 12.6 Å². The lowest BCUT2D eigenvalue weighted by Crippen LogP contribution is -1.99. The zero-order valence-corrected chi connectivity index (χ0v) is 8.35. The zero-order valence-electron chi connectivity index (χ0n) is 8.35. The van der Waals surface area contributed by atoms with Crippen LogP contribution < -0.4 is 9.47 Å². The van der Waals surface area contributed by atoms with Crippen molar-refractivity contribution < 1.29 is 9.47 Å². The molecule has 0 bridgehead atoms. The Bertz CT molecular complexity index is 411. The molecule has 0 spiro atoms. The predicted molar refractivity (Wildman–Crippen MR) is 53.3 cm³/mol. The number of nitrogens with zero attached hydrogens (tertiary/aromatic N) is 2. The quantitative estimate of drug-likeness (QED) is 0.644. The van der Waals surface area contributed by atoms with E-state index in [9.17, 15) is 0 Å². The predicted octanol–water partition coefficient (Wildman–Crippen LogP) is 1.35. The summed E-state index contributed by atoms with van der Waals surface area (Å²) in [5.41, 5.74) is 1.32. The van der Waals surface area contributed by atoms with Gasteiger partial charge >= 0.3 is 0 Å². The first kappa shape index (κ1) is 7.96. The van der Waals surface area contributed by atoms with Crippen LogP contribution in [-0.2, 0) is 0 Å². The molecule has 4 heteroatoms. The molecule has 3 aliphatic heterocycles. The Balaban J connectivity index is 1.67. The van der Waals surface area contributed by atoms with E-state index in [4.69, 9.17) is 9.47 Å². The van der Waals surface area contributed by atoms with Crippen LogP contribution in [0.25, 0.3) is 0 Å². The van der Waals surface area contributed by atoms with E-state index in [1.165, 1.54) is 25.1 Å². The summed E-state index contributed by atoms with van der Waals surface area (Å²) >= 11 is 0. The third-order valence-electron chi connectivity index (χ3n) is 3.31. The summed E-state index contributed by atoms with van der Waals surface area (Å²) in [6, 6.07) is 6.25. The number of ether oxygens (including phenoxy) is 2. The molecule has 0 saturated carbocycles. The van der Waals surface area contributed by atoms with Gasteiger partial charge in [0.1, 0.15) is 6.17 Å². The molecule has 4 nitrogen and oxygen atoms in total. The second-order valence-corrected chi connectivity index (χ2v) is 4.17. The molecule has 3 heterocycles. The smallest absolute Gasteiger partial charge is 0.231 e. The summed E-state index contributed by atoms with van der Waals surface area (Å²) in [5.74, 6) is 1.76. The van der Waals surface area contributed by atoms with E-state index < -0.39 is 0 Å². The largest absolute Gasteiger partial charge is 0.454 e. The van der Waals surface area contributed by atoms with Gasteiger partial charge in [-0.3, -0.25) is 0 Å². The molecule has 0 aromatic heterocycles. The highest BCUT2D eigenvalue weighted by molar-refractivity contribution is 5.45. The van der Waals surface area contributed by atoms with Gasteiger partial charge in [0.2, 0.25) is 6.79 Å². The molecular weight excluding hydrogens is 192 g/mol. The number of fused-ring (bicyclic) bond motifs is 2. The van der Waals surface area contributed by atoms with E-state index in [0.29, 0.717) is 13.0 Å². The van der Waals surface area contributed by atoms with E-state index in [2.05, 4.69) is 22.2 Å². The Morgan fingerprint density at radius 2 is 1.87 bits per heavy atom. The minimum atomic E-state index is 0.358. The van der Waals surface area contributed by atoms with E-state index in [1.807, 2.05) is 6.07 Å². The van der Waals surface area contributed by atoms with E-state index >= 15 is 0 Å². The summed E-state index contributed by atoms with van der Waals surface area (Å²) in [5, 5.41) is 4.80. The van der Waals surface area contributed by atoms with Crippen molar-refractivity contribution in [2.75, 3.05) is 19.9 Å². The Morgan fingerprint density at radius 1 is 1.07 bits per heavy atom. The molecule has 0 N–H and O–H groups in total. The molecule has 2 unspecified atom stereocenters. The normalized spacial score (nSPS) is 35.3. The summed E-state index contributed by atoms with van der Waals surface area (Å²) in [6.07, 6.45) is 1.79. The summed E-state index contributed by atoms with van der Waals surface area (Å²) in [6.45, 7) is 2.75. The first-order valence-corrected chi connectivity index (χ1v) is 5.36. The Morgan fingerprint density at radius 3 is 2.73 bits per heavy atom. The van der Waals surface area contributed by atoms with Crippen LogP contribution in [0.2, 0.25) is 0 Å². The van der Waals surface area contributed by atoms with E-state index in [1.54, 1.807) is 0 Å². The second kappa shape index (κ2) is 2.65. The molecule has 1 aromatic carbocycles. The summed E-state index contributed by atoms with van der Waals surface area (Å²) < 4.78 is 10.7. The molecule has 3 aliphatic rings. The van der Waals surface area contributed by atoms with Gasteiger partial charge in [0, 0.05) is 13.1 Å². The highest BCUT2D eigenvalue weighted by Gasteiger charge is 2.49. The van der Waals surface area contributed by atoms with Gasteiger partial charge in [-0.15, -0.1) is 0 Å². The van der Waals surface area contributed by atoms with Crippen molar-refractivity contribution in [3.8, 4) is 11.5 Å². The minimum absolute atomic E-state index is 0.358. The van der Waals surface area contributed by atoms with Crippen molar-refractivity contribution in [1.29, 1.82) is 0 Å². The maximum absolute atomic E-state index is 5.38. The van der Waals surface area contributed by atoms with Crippen LogP contribution >= 0.6 is 0 Å². The van der Waals surface area contributed by atoms with Gasteiger partial charge in [-0.2, -0.15) is 0 Å². The Kier molecular flexibility index (Phi) is 1.41. The van der Waals surface area contributed by atoms with Gasteiger partial charge < -0.3 is 9.47 Å². The highest BCUT2D eigenvalue weighted by atomic mass is 16.7. The molecule has 2 saturated heterocycles. The fourth-order valence-corrected chi connectivity index (χ4v) is 2.56. The molecular formula is C11H12N2O2. The van der Waals surface area contributed by atoms with Crippen LogP contribution in [0.1, 0.15) is 18.2 Å². The van der Waals surface area contributed by atoms with Gasteiger partial charge in [-0.1, -0.05) is 6.07 Å². The minimum Gasteiger partial charge on any atom is -0.454 e. The van der Waals surface area contributed by atoms with Crippen molar-refractivity contribution in [3.05, 3.63) is 23.8 Å². The number of hydrazine groups is 1. The molecule has 0 radical (unpaired) electrons. The topological polar surface area (TPSA) is 24.5 Å². The summed E-state index contributed by atoms with van der Waals surface area (Å²) in [4.78, 5) is 0. The maximum Gasteiger partial charge on any atom is 0.231 e. The van der Waals surface area contributed by atoms with Gasteiger partial charge in [-0.05, 0) is 24.1 Å². The SMILES string of the molecule is c1cc2c(cc1C1N3CCCN13)OCO2. The third-order valence-corrected chi connectivity index (χ3v) is 3.31. The van der Waals surface area contributed by atoms with Crippen molar-refractivity contribution in [3.63, 3.8) is 0 Å². The van der Waals surface area contributed by atoms with Crippen LogP contribution in [0.3, 0.4) is 0 Å². The number of hydrogen-bond donors (Lipinski definition) is 0. The van der Waals surface area contributed by atoms with Crippen LogP contribution in [0.4, 0.5) is 0 Å². The Labute approximate surface area is 88.0 Å². The maximum atomic E-state index is 5.38. The van der Waals surface area contributed by atoms with E-state index in [0.717, 1.165) is 11.5 Å². The van der Waals surface area contributed by atoms with Crippen molar-refractivity contribution >= 4 is 0 Å². The average molecular weight is 204 g/mol.